The summed E-state index contributed by atoms with van der Waals surface area (Å²) in [6.45, 7) is 13.1. The third-order valence-corrected chi connectivity index (χ3v) is 13.6. The lowest BCUT2D eigenvalue weighted by Crippen LogP contribution is -2.62. The fourth-order valence-electron chi connectivity index (χ4n) is 10.0. The molecule has 16 nitrogen and oxygen atoms in total. The van der Waals surface area contributed by atoms with Crippen LogP contribution in [-0.4, -0.2) is 122 Å². The van der Waals surface area contributed by atoms with Gasteiger partial charge in [0.05, 0.1) is 28.8 Å². The molecule has 4 heterocycles. The highest BCUT2D eigenvalue weighted by Crippen LogP contribution is 2.44. The van der Waals surface area contributed by atoms with Gasteiger partial charge in [-0.15, -0.1) is 0 Å². The van der Waals surface area contributed by atoms with Crippen LogP contribution in [0.1, 0.15) is 100 Å². The SMILES string of the molecule is CC[C@H]1OC(=O)[C@@](C)(F)C(=O)[C@H](C)[C@@H](O[C@@H]2O[C@H](C)C[C@H](NC3CC3)[C@@H]2O)[C@](C)(OC)C[C@@H](C)C(=O)[C@H](C)C2N(CCCCn3ccc4cc([N+](=O)[O-])ccc43)C(=O)O[C@@]21C. The van der Waals surface area contributed by atoms with Crippen LogP contribution in [0.3, 0.4) is 0 Å². The number of unbranched alkanes of at least 4 members (excludes halogenated alkanes) is 1. The minimum Gasteiger partial charge on any atom is -0.455 e. The quantitative estimate of drug-likeness (QED) is 0.0853. The summed E-state index contributed by atoms with van der Waals surface area (Å²) in [4.78, 5) is 69.2. The van der Waals surface area contributed by atoms with Crippen molar-refractivity contribution in [2.24, 2.45) is 17.8 Å². The first-order valence-electron chi connectivity index (χ1n) is 21.7. The number of hydrogen-bond donors (Lipinski definition) is 2. The highest BCUT2D eigenvalue weighted by Gasteiger charge is 2.61. The predicted molar refractivity (Wildman–Crippen MR) is 220 cm³/mol. The van der Waals surface area contributed by atoms with E-state index in [1.54, 1.807) is 46.8 Å². The van der Waals surface area contributed by atoms with Gasteiger partial charge in [-0.05, 0) is 84.8 Å². The number of non-ortho nitro benzene ring substituents is 1. The molecule has 3 aliphatic heterocycles. The molecule has 1 aliphatic carbocycles. The molecule has 1 aromatic heterocycles. The van der Waals surface area contributed by atoms with Gasteiger partial charge in [0.2, 0.25) is 0 Å². The molecule has 4 fully saturated rings. The van der Waals surface area contributed by atoms with Crippen LogP contribution in [0.4, 0.5) is 14.9 Å². The number of hydrogen-bond acceptors (Lipinski definition) is 13. The van der Waals surface area contributed by atoms with Crippen LogP contribution >= 0.6 is 0 Å². The Kier molecular flexibility index (Phi) is 13.7. The normalized spacial score (nSPS) is 37.9. The summed E-state index contributed by atoms with van der Waals surface area (Å²) >= 11 is 0. The van der Waals surface area contributed by atoms with Crippen LogP contribution in [0.2, 0.25) is 0 Å². The lowest BCUT2D eigenvalue weighted by atomic mass is 9.73. The Morgan fingerprint density at radius 3 is 2.36 bits per heavy atom. The number of carbonyl (C=O) groups is 4. The largest absolute Gasteiger partial charge is 0.455 e. The molecule has 1 unspecified atom stereocenters. The van der Waals surface area contributed by atoms with Gasteiger partial charge in [-0.2, -0.15) is 0 Å². The highest BCUT2D eigenvalue weighted by atomic mass is 19.1. The van der Waals surface area contributed by atoms with Crippen LogP contribution in [-0.2, 0) is 44.6 Å². The van der Waals surface area contributed by atoms with Crippen molar-refractivity contribution in [1.29, 1.82) is 0 Å². The number of nitrogens with zero attached hydrogens (tertiary/aromatic N) is 3. The molecule has 3 saturated heterocycles. The number of nitro benzene ring substituents is 1. The maximum Gasteiger partial charge on any atom is 0.410 e. The average molecular weight is 859 g/mol. The number of aromatic nitrogens is 1. The maximum atomic E-state index is 16.9. The van der Waals surface area contributed by atoms with Crippen LogP contribution in [0.5, 0.6) is 0 Å². The molecule has 4 aliphatic rings. The minimum atomic E-state index is -3.20. The molecular weight excluding hydrogens is 795 g/mol. The van der Waals surface area contributed by atoms with Gasteiger partial charge in [-0.25, -0.2) is 14.0 Å². The highest BCUT2D eigenvalue weighted by molar-refractivity contribution is 6.08. The van der Waals surface area contributed by atoms with E-state index in [0.717, 1.165) is 30.7 Å². The summed E-state index contributed by atoms with van der Waals surface area (Å²) in [6.07, 6.45) is -0.629. The van der Waals surface area contributed by atoms with Crippen molar-refractivity contribution < 1.29 is 57.3 Å². The van der Waals surface area contributed by atoms with Crippen molar-refractivity contribution in [1.82, 2.24) is 14.8 Å². The standard InChI is InChI=1S/C44H63FN4O12/c1-10-33-44(8)36(48(41(54)61-44)19-12-11-18-47-20-17-28-22-30(49(55)56)15-16-32(28)47)26(4)34(50)24(2)23-42(6,57-9)38(27(5)37(52)43(7,45)40(53)59-33)60-39-35(51)31(21-25(3)58-39)46-29-13-14-29/h15-17,20,22,24-27,29,31,33,35-36,38-39,46,51H,10-14,18-19,21,23H2,1-9H3/t24-,25-,26+,27+,31+,33-,35+,36?,38-,39+,42-,43+,44-/m1/s1. The number of aliphatic hydroxyl groups excluding tert-OH is 1. The number of esters is 1. The van der Waals surface area contributed by atoms with Gasteiger partial charge >= 0.3 is 12.1 Å². The van der Waals surface area contributed by atoms with Gasteiger partial charge in [0, 0.05) is 79.3 Å². The number of aliphatic hydroxyl groups is 1. The van der Waals surface area contributed by atoms with E-state index in [2.05, 4.69) is 5.32 Å². The van der Waals surface area contributed by atoms with Gasteiger partial charge in [-0.3, -0.25) is 19.7 Å². The molecule has 1 saturated carbocycles. The Morgan fingerprint density at radius 2 is 1.72 bits per heavy atom. The predicted octanol–water partition coefficient (Wildman–Crippen LogP) is 5.82. The Labute approximate surface area is 356 Å². The number of carbonyl (C=O) groups excluding carboxylic acids is 4. The van der Waals surface area contributed by atoms with Crippen molar-refractivity contribution in [2.45, 2.75) is 173 Å². The zero-order valence-electron chi connectivity index (χ0n) is 36.8. The number of methoxy groups -OCH3 is 1. The number of nitro groups is 1. The van der Waals surface area contributed by atoms with Crippen LogP contribution in [0, 0.1) is 27.9 Å². The van der Waals surface area contributed by atoms with E-state index in [-0.39, 0.29) is 49.0 Å². The van der Waals surface area contributed by atoms with Gasteiger partial charge < -0.3 is 43.6 Å². The summed E-state index contributed by atoms with van der Waals surface area (Å²) < 4.78 is 49.5. The topological polar surface area (TPSA) is 198 Å². The second-order valence-corrected chi connectivity index (χ2v) is 18.3. The van der Waals surface area contributed by atoms with Crippen molar-refractivity contribution in [3.8, 4) is 0 Å². The monoisotopic (exact) mass is 858 g/mol. The summed E-state index contributed by atoms with van der Waals surface area (Å²) in [6, 6.07) is 5.39. The summed E-state index contributed by atoms with van der Waals surface area (Å²) in [5.74, 6) is -5.91. The van der Waals surface area contributed by atoms with Gasteiger partial charge in [-0.1, -0.05) is 27.7 Å². The third-order valence-electron chi connectivity index (χ3n) is 13.6. The molecular formula is C44H63FN4O12. The van der Waals surface area contributed by atoms with E-state index in [9.17, 15) is 34.4 Å². The first-order chi connectivity index (χ1) is 28.7. The number of Topliss-reactive ketones (excluding diaryl/α,β-unsaturated/α-hetero) is 2. The van der Waals surface area contributed by atoms with Crippen LogP contribution in [0.25, 0.3) is 10.9 Å². The van der Waals surface area contributed by atoms with E-state index in [4.69, 9.17) is 23.7 Å². The molecule has 1 aromatic carbocycles. The summed E-state index contributed by atoms with van der Waals surface area (Å²) in [5, 5.41) is 26.9. The number of fused-ring (bicyclic) bond motifs is 2. The fraction of sp³-hybridized carbons (Fsp3) is 0.727. The van der Waals surface area contributed by atoms with Crippen molar-refractivity contribution in [3.63, 3.8) is 0 Å². The molecule has 13 atom stereocenters. The second kappa shape index (κ2) is 18.0. The zero-order valence-corrected chi connectivity index (χ0v) is 36.8. The van der Waals surface area contributed by atoms with Crippen LogP contribution in [0.15, 0.2) is 30.5 Å². The number of halogens is 1. The second-order valence-electron chi connectivity index (χ2n) is 18.3. The zero-order chi connectivity index (χ0) is 44.8. The molecule has 0 radical (unpaired) electrons. The third kappa shape index (κ3) is 9.22. The number of cyclic esters (lactones) is 1. The molecule has 1 amide bonds. The molecule has 2 aromatic rings. The minimum absolute atomic E-state index is 0.00574. The number of amides is 1. The van der Waals surface area contributed by atoms with Gasteiger partial charge in [0.25, 0.3) is 11.4 Å². The molecule has 6 rings (SSSR count). The number of ether oxygens (including phenoxy) is 5. The Bertz CT molecular complexity index is 1970. The number of nitrogens with one attached hydrogen (secondary N) is 1. The van der Waals surface area contributed by atoms with E-state index in [1.165, 1.54) is 31.1 Å². The number of aryl methyl sites for hydroxylation is 1. The van der Waals surface area contributed by atoms with Crippen molar-refractivity contribution in [3.05, 3.63) is 40.6 Å². The van der Waals surface area contributed by atoms with E-state index in [1.807, 2.05) is 17.7 Å². The lowest BCUT2D eigenvalue weighted by Gasteiger charge is -2.46. The van der Waals surface area contributed by atoms with Crippen molar-refractivity contribution in [2.75, 3.05) is 13.7 Å². The molecule has 17 heteroatoms. The maximum absolute atomic E-state index is 16.9. The number of alkyl halides is 1. The van der Waals surface area contributed by atoms with Gasteiger partial charge in [0.1, 0.15) is 18.0 Å². The van der Waals surface area contributed by atoms with Crippen molar-refractivity contribution >= 4 is 40.2 Å². The Morgan fingerprint density at radius 1 is 1.03 bits per heavy atom. The van der Waals surface area contributed by atoms with E-state index in [0.29, 0.717) is 25.8 Å². The smallest absolute Gasteiger partial charge is 0.410 e. The van der Waals surface area contributed by atoms with E-state index >= 15 is 4.39 Å². The first-order valence-corrected chi connectivity index (χ1v) is 21.7. The van der Waals surface area contributed by atoms with Gasteiger partial charge in [0.15, 0.2) is 17.7 Å². The summed E-state index contributed by atoms with van der Waals surface area (Å²) in [7, 11) is 1.40. The lowest BCUT2D eigenvalue weighted by molar-refractivity contribution is -0.384. The molecule has 0 bridgehead atoms. The molecule has 61 heavy (non-hydrogen) atoms. The van der Waals surface area contributed by atoms with E-state index < -0.39 is 88.0 Å². The molecule has 338 valence electrons. The fourth-order valence-corrected chi connectivity index (χ4v) is 10.0. The van der Waals surface area contributed by atoms with Crippen LogP contribution < -0.4 is 5.32 Å². The average Bonchev–Trinajstić information content (AvgIpc) is 3.88. The molecule has 0 spiro atoms. The number of benzene rings is 1. The Hall–Kier alpha value is -4.03. The summed E-state index contributed by atoms with van der Waals surface area (Å²) in [5.41, 5.74) is -5.48. The number of ketones is 2. The first kappa shape index (κ1) is 46.5. The Balaban J connectivity index is 1.29. The molecule has 2 N–H and O–H groups in total. The number of rotatable bonds is 12.